The molecule has 0 heterocycles. The molecule has 0 aliphatic heterocycles. The zero-order valence-corrected chi connectivity index (χ0v) is 5.14. The van der Waals surface area contributed by atoms with Crippen molar-refractivity contribution in [1.82, 2.24) is 0 Å². The molecular formula is C8H12. The molecule has 0 saturated heterocycles. The van der Waals surface area contributed by atoms with Crippen LogP contribution in [0.5, 0.6) is 0 Å². The monoisotopic (exact) mass is 108 g/mol. The van der Waals surface area contributed by atoms with Crippen LogP contribution in [0.2, 0.25) is 0 Å². The lowest BCUT2D eigenvalue weighted by Crippen LogP contribution is -1.96. The van der Waals surface area contributed by atoms with Crippen molar-refractivity contribution in [1.29, 1.82) is 0 Å². The van der Waals surface area contributed by atoms with Crippen LogP contribution in [0, 0.1) is 11.8 Å². The van der Waals surface area contributed by atoms with Crippen LogP contribution in [0.25, 0.3) is 0 Å². The van der Waals surface area contributed by atoms with Crippen molar-refractivity contribution >= 4 is 0 Å². The Balaban J connectivity index is 2.13. The molecule has 0 N–H and O–H groups in total. The Bertz CT molecular complexity index is 113. The highest BCUT2D eigenvalue weighted by Gasteiger charge is 2.26. The minimum atomic E-state index is 0.995. The second-order valence-electron chi connectivity index (χ2n) is 3.02. The zero-order chi connectivity index (χ0) is 5.40. The lowest BCUT2D eigenvalue weighted by Gasteiger charge is -2.04. The summed E-state index contributed by atoms with van der Waals surface area (Å²) < 4.78 is 0. The van der Waals surface area contributed by atoms with Gasteiger partial charge in [-0.15, -0.1) is 0 Å². The maximum Gasteiger partial charge on any atom is -0.0202 e. The Morgan fingerprint density at radius 2 is 2.25 bits per heavy atom. The van der Waals surface area contributed by atoms with E-state index >= 15 is 0 Å². The quantitative estimate of drug-likeness (QED) is 0.418. The number of rotatable bonds is 0. The average Bonchev–Trinajstić information content (AvgIpc) is 2.15. The number of hydrogen-bond acceptors (Lipinski definition) is 0. The van der Waals surface area contributed by atoms with Gasteiger partial charge >= 0.3 is 0 Å². The van der Waals surface area contributed by atoms with Crippen LogP contribution in [0.1, 0.15) is 25.7 Å². The van der Waals surface area contributed by atoms with E-state index in [1.54, 1.807) is 0 Å². The summed E-state index contributed by atoms with van der Waals surface area (Å²) in [5, 5.41) is 0. The lowest BCUT2D eigenvalue weighted by molar-refractivity contribution is 0.496. The van der Waals surface area contributed by atoms with E-state index in [9.17, 15) is 0 Å². The van der Waals surface area contributed by atoms with Gasteiger partial charge in [-0.3, -0.25) is 0 Å². The fraction of sp³-hybridized carbons (Fsp3) is 0.750. The van der Waals surface area contributed by atoms with Gasteiger partial charge in [-0.25, -0.2) is 0 Å². The highest BCUT2D eigenvalue weighted by Crippen LogP contribution is 2.39. The van der Waals surface area contributed by atoms with Crippen molar-refractivity contribution < 1.29 is 0 Å². The van der Waals surface area contributed by atoms with Gasteiger partial charge in [-0.1, -0.05) is 18.6 Å². The third-order valence-electron chi connectivity index (χ3n) is 2.54. The van der Waals surface area contributed by atoms with E-state index in [2.05, 4.69) is 12.2 Å². The van der Waals surface area contributed by atoms with Crippen LogP contribution >= 0.6 is 0 Å². The Hall–Kier alpha value is -0.260. The Morgan fingerprint density at radius 1 is 1.25 bits per heavy atom. The van der Waals surface area contributed by atoms with Crippen LogP contribution in [0.3, 0.4) is 0 Å². The molecule has 1 fully saturated rings. The summed E-state index contributed by atoms with van der Waals surface area (Å²) in [6.45, 7) is 0. The second-order valence-corrected chi connectivity index (χ2v) is 3.02. The van der Waals surface area contributed by atoms with E-state index in [4.69, 9.17) is 0 Å². The van der Waals surface area contributed by atoms with Crippen molar-refractivity contribution in [2.45, 2.75) is 25.7 Å². The topological polar surface area (TPSA) is 0 Å². The van der Waals surface area contributed by atoms with E-state index < -0.39 is 0 Å². The smallest absolute Gasteiger partial charge is 0.0202 e. The average molecular weight is 108 g/mol. The molecule has 44 valence electrons. The van der Waals surface area contributed by atoms with Crippen LogP contribution in [0.4, 0.5) is 0 Å². The minimum absolute atomic E-state index is 0.995. The van der Waals surface area contributed by atoms with Gasteiger partial charge in [0.1, 0.15) is 0 Å². The summed E-state index contributed by atoms with van der Waals surface area (Å²) >= 11 is 0. The maximum atomic E-state index is 2.41. The molecule has 0 aromatic heterocycles. The number of fused-ring (bicyclic) bond motifs is 1. The van der Waals surface area contributed by atoms with Crippen LogP contribution in [-0.4, -0.2) is 0 Å². The molecule has 2 aliphatic rings. The van der Waals surface area contributed by atoms with Crippen molar-refractivity contribution in [2.24, 2.45) is 11.8 Å². The fourth-order valence-electron chi connectivity index (χ4n) is 2.04. The first-order valence-electron chi connectivity index (χ1n) is 3.63. The predicted octanol–water partition coefficient (Wildman–Crippen LogP) is 2.36. The molecule has 0 heteroatoms. The molecule has 0 bridgehead atoms. The van der Waals surface area contributed by atoms with Gasteiger partial charge in [0, 0.05) is 0 Å². The van der Waals surface area contributed by atoms with Crippen molar-refractivity contribution in [3.63, 3.8) is 0 Å². The Morgan fingerprint density at radius 3 is 3.12 bits per heavy atom. The molecule has 2 rings (SSSR count). The molecule has 0 nitrogen and oxygen atoms in total. The third-order valence-corrected chi connectivity index (χ3v) is 2.54. The van der Waals surface area contributed by atoms with Crippen LogP contribution in [0.15, 0.2) is 12.2 Å². The maximum absolute atomic E-state index is 2.41. The summed E-state index contributed by atoms with van der Waals surface area (Å²) in [6, 6.07) is 0. The van der Waals surface area contributed by atoms with E-state index in [0.29, 0.717) is 0 Å². The Kier molecular flexibility index (Phi) is 0.927. The SMILES string of the molecule is C1=C[C@H]2CCC[C@@H]2C1. The van der Waals surface area contributed by atoms with E-state index in [1.165, 1.54) is 25.7 Å². The molecule has 0 unspecified atom stereocenters. The predicted molar refractivity (Wildman–Crippen MR) is 34.6 cm³/mol. The molecule has 1 saturated carbocycles. The standard InChI is InChI=1S/C8H12/c1-3-7-5-2-6-8(7)4-1/h1,3,7-8H,2,4-6H2/t7-,8-/m0/s1. The fourth-order valence-corrected chi connectivity index (χ4v) is 2.04. The summed E-state index contributed by atoms with van der Waals surface area (Å²) in [5.41, 5.74) is 0. The minimum Gasteiger partial charge on any atom is -0.0880 e. The number of hydrogen-bond donors (Lipinski definition) is 0. The van der Waals surface area contributed by atoms with Gasteiger partial charge in [0.15, 0.2) is 0 Å². The van der Waals surface area contributed by atoms with Crippen molar-refractivity contribution in [2.75, 3.05) is 0 Å². The van der Waals surface area contributed by atoms with Gasteiger partial charge in [0.05, 0.1) is 0 Å². The van der Waals surface area contributed by atoms with Crippen LogP contribution < -0.4 is 0 Å². The van der Waals surface area contributed by atoms with Gasteiger partial charge < -0.3 is 0 Å². The second kappa shape index (κ2) is 1.61. The molecule has 2 atom stereocenters. The van der Waals surface area contributed by atoms with Gasteiger partial charge in [-0.05, 0) is 31.1 Å². The molecule has 0 aromatic rings. The third kappa shape index (κ3) is 0.521. The highest BCUT2D eigenvalue weighted by molar-refractivity contribution is 5.03. The first kappa shape index (κ1) is 4.60. The lowest BCUT2D eigenvalue weighted by atomic mass is 10.0. The molecule has 0 amide bonds. The van der Waals surface area contributed by atoms with E-state index in [1.807, 2.05) is 0 Å². The normalized spacial score (nSPS) is 43.0. The van der Waals surface area contributed by atoms with Crippen molar-refractivity contribution in [3.05, 3.63) is 12.2 Å². The highest BCUT2D eigenvalue weighted by atomic mass is 14.3. The molecular weight excluding hydrogens is 96.1 g/mol. The Labute approximate surface area is 50.6 Å². The molecule has 8 heavy (non-hydrogen) atoms. The summed E-state index contributed by atoms with van der Waals surface area (Å²) in [4.78, 5) is 0. The van der Waals surface area contributed by atoms with Crippen molar-refractivity contribution in [3.8, 4) is 0 Å². The molecule has 2 aliphatic carbocycles. The summed E-state index contributed by atoms with van der Waals surface area (Å²) in [5.74, 6) is 2.06. The van der Waals surface area contributed by atoms with Gasteiger partial charge in [-0.2, -0.15) is 0 Å². The molecule has 0 radical (unpaired) electrons. The first-order valence-corrected chi connectivity index (χ1v) is 3.63. The van der Waals surface area contributed by atoms with Gasteiger partial charge in [0.25, 0.3) is 0 Å². The summed E-state index contributed by atoms with van der Waals surface area (Å²) in [6.07, 6.45) is 10.6. The van der Waals surface area contributed by atoms with E-state index in [-0.39, 0.29) is 0 Å². The van der Waals surface area contributed by atoms with Crippen LogP contribution in [-0.2, 0) is 0 Å². The first-order chi connectivity index (χ1) is 3.97. The number of allylic oxidation sites excluding steroid dienone is 2. The largest absolute Gasteiger partial charge is 0.0880 e. The van der Waals surface area contributed by atoms with E-state index in [0.717, 1.165) is 11.8 Å². The molecule has 0 aromatic carbocycles. The zero-order valence-electron chi connectivity index (χ0n) is 5.14. The van der Waals surface area contributed by atoms with Gasteiger partial charge in [0.2, 0.25) is 0 Å². The summed E-state index contributed by atoms with van der Waals surface area (Å²) in [7, 11) is 0. The molecule has 0 spiro atoms.